The molecule has 0 aliphatic heterocycles. The number of aromatic nitrogens is 3. The third-order valence-electron chi connectivity index (χ3n) is 3.12. The number of nitrogen functional groups attached to an aromatic ring is 1. The molecule has 96 valence electrons. The van der Waals surface area contributed by atoms with Crippen LogP contribution >= 0.6 is 0 Å². The molecule has 0 bridgehead atoms. The topological polar surface area (TPSA) is 76.4 Å². The van der Waals surface area contributed by atoms with Crippen LogP contribution in [-0.2, 0) is 6.61 Å². The standard InChI is InChI=1S/C14H14N4O/c1-9-2-4-10(5-3-9)12-6-13-16-7-11(8-19)14(15)18(13)17-12/h2-7,19H,8,15H2,1H3. The fraction of sp³-hybridized carbons (Fsp3) is 0.143. The van der Waals surface area contributed by atoms with Gasteiger partial charge in [0.1, 0.15) is 5.82 Å². The van der Waals surface area contributed by atoms with Gasteiger partial charge in [-0.2, -0.15) is 9.61 Å². The highest BCUT2D eigenvalue weighted by Crippen LogP contribution is 2.21. The molecule has 2 heterocycles. The summed E-state index contributed by atoms with van der Waals surface area (Å²) < 4.78 is 1.56. The lowest BCUT2D eigenvalue weighted by Crippen LogP contribution is -2.04. The number of nitrogens with zero attached hydrogens (tertiary/aromatic N) is 3. The maximum absolute atomic E-state index is 9.17. The van der Waals surface area contributed by atoms with Gasteiger partial charge in [0.2, 0.25) is 0 Å². The van der Waals surface area contributed by atoms with Crippen molar-refractivity contribution in [2.24, 2.45) is 0 Å². The summed E-state index contributed by atoms with van der Waals surface area (Å²) in [5.41, 5.74) is 10.2. The van der Waals surface area contributed by atoms with E-state index in [1.165, 1.54) is 5.56 Å². The van der Waals surface area contributed by atoms with Crippen molar-refractivity contribution in [1.29, 1.82) is 0 Å². The van der Waals surface area contributed by atoms with Crippen LogP contribution in [0.4, 0.5) is 5.82 Å². The van der Waals surface area contributed by atoms with Gasteiger partial charge in [-0.1, -0.05) is 29.8 Å². The number of aryl methyl sites for hydroxylation is 1. The van der Waals surface area contributed by atoms with Crippen LogP contribution in [0.25, 0.3) is 16.9 Å². The summed E-state index contributed by atoms with van der Waals surface area (Å²) in [5, 5.41) is 13.6. The summed E-state index contributed by atoms with van der Waals surface area (Å²) in [6.07, 6.45) is 1.57. The number of rotatable bonds is 2. The number of anilines is 1. The fourth-order valence-electron chi connectivity index (χ4n) is 1.97. The van der Waals surface area contributed by atoms with Gasteiger partial charge < -0.3 is 10.8 Å². The number of aliphatic hydroxyl groups is 1. The lowest BCUT2D eigenvalue weighted by atomic mass is 10.1. The lowest BCUT2D eigenvalue weighted by Gasteiger charge is -2.02. The van der Waals surface area contributed by atoms with Crippen LogP contribution in [0.15, 0.2) is 36.5 Å². The van der Waals surface area contributed by atoms with E-state index in [0.717, 1.165) is 11.3 Å². The van der Waals surface area contributed by atoms with Crippen LogP contribution in [0.5, 0.6) is 0 Å². The van der Waals surface area contributed by atoms with Crippen molar-refractivity contribution >= 4 is 11.5 Å². The van der Waals surface area contributed by atoms with Crippen molar-refractivity contribution in [3.63, 3.8) is 0 Å². The average molecular weight is 254 g/mol. The second-order valence-electron chi connectivity index (χ2n) is 4.49. The predicted octanol–water partition coefficient (Wildman–Crippen LogP) is 1.78. The molecular weight excluding hydrogens is 240 g/mol. The van der Waals surface area contributed by atoms with Gasteiger partial charge in [0, 0.05) is 23.4 Å². The monoisotopic (exact) mass is 254 g/mol. The summed E-state index contributed by atoms with van der Waals surface area (Å²) in [6.45, 7) is 1.90. The molecule has 0 saturated heterocycles. The molecule has 3 rings (SSSR count). The highest BCUT2D eigenvalue weighted by Gasteiger charge is 2.09. The lowest BCUT2D eigenvalue weighted by molar-refractivity contribution is 0.281. The summed E-state index contributed by atoms with van der Waals surface area (Å²) >= 11 is 0. The molecule has 0 aliphatic carbocycles. The number of fused-ring (bicyclic) bond motifs is 1. The quantitative estimate of drug-likeness (QED) is 0.730. The summed E-state index contributed by atoms with van der Waals surface area (Å²) in [5.74, 6) is 0.422. The molecule has 5 heteroatoms. The predicted molar refractivity (Wildman–Crippen MR) is 73.5 cm³/mol. The molecule has 19 heavy (non-hydrogen) atoms. The molecule has 0 spiro atoms. The molecule has 0 radical (unpaired) electrons. The molecule has 5 nitrogen and oxygen atoms in total. The first-order valence-corrected chi connectivity index (χ1v) is 6.00. The van der Waals surface area contributed by atoms with Crippen LogP contribution in [0.1, 0.15) is 11.1 Å². The van der Waals surface area contributed by atoms with Crippen LogP contribution in [0.2, 0.25) is 0 Å². The first-order chi connectivity index (χ1) is 9.19. The average Bonchev–Trinajstić information content (AvgIpc) is 2.85. The maximum Gasteiger partial charge on any atom is 0.157 e. The Hall–Kier alpha value is -2.40. The van der Waals surface area contributed by atoms with E-state index in [4.69, 9.17) is 5.73 Å². The van der Waals surface area contributed by atoms with Crippen LogP contribution in [-0.4, -0.2) is 19.7 Å². The first-order valence-electron chi connectivity index (χ1n) is 6.00. The minimum absolute atomic E-state index is 0.144. The SMILES string of the molecule is Cc1ccc(-c2cc3ncc(CO)c(N)n3n2)cc1. The molecular formula is C14H14N4O. The maximum atomic E-state index is 9.17. The van der Waals surface area contributed by atoms with Gasteiger partial charge in [-0.05, 0) is 6.92 Å². The normalized spacial score (nSPS) is 11.1. The molecule has 1 aromatic carbocycles. The minimum Gasteiger partial charge on any atom is -0.391 e. The van der Waals surface area contributed by atoms with Gasteiger partial charge in [0.25, 0.3) is 0 Å². The third kappa shape index (κ3) is 1.94. The van der Waals surface area contributed by atoms with Crippen molar-refractivity contribution < 1.29 is 5.11 Å². The zero-order chi connectivity index (χ0) is 13.4. The van der Waals surface area contributed by atoms with Crippen LogP contribution < -0.4 is 5.73 Å². The first kappa shape index (κ1) is 11.7. The summed E-state index contributed by atoms with van der Waals surface area (Å²) in [4.78, 5) is 4.24. The van der Waals surface area contributed by atoms with Gasteiger partial charge >= 0.3 is 0 Å². The number of hydrogen-bond donors (Lipinski definition) is 2. The van der Waals surface area contributed by atoms with Gasteiger partial charge in [0.15, 0.2) is 5.65 Å². The van der Waals surface area contributed by atoms with Crippen LogP contribution in [0, 0.1) is 6.92 Å². The Morgan fingerprint density at radius 1 is 1.26 bits per heavy atom. The molecule has 0 fully saturated rings. The Kier molecular flexibility index (Phi) is 2.68. The highest BCUT2D eigenvalue weighted by molar-refractivity contribution is 5.65. The molecule has 0 atom stereocenters. The van der Waals surface area contributed by atoms with Gasteiger partial charge in [0.05, 0.1) is 12.3 Å². The number of benzene rings is 1. The number of aliphatic hydroxyl groups excluding tert-OH is 1. The van der Waals surface area contributed by atoms with Gasteiger partial charge in [-0.25, -0.2) is 4.98 Å². The van der Waals surface area contributed by atoms with Crippen molar-refractivity contribution in [1.82, 2.24) is 14.6 Å². The van der Waals surface area contributed by atoms with Gasteiger partial charge in [-0.3, -0.25) is 0 Å². The largest absolute Gasteiger partial charge is 0.391 e. The summed E-state index contributed by atoms with van der Waals surface area (Å²) in [7, 11) is 0. The van der Waals surface area contributed by atoms with Crippen molar-refractivity contribution in [2.45, 2.75) is 13.5 Å². The van der Waals surface area contributed by atoms with Crippen molar-refractivity contribution in [3.8, 4) is 11.3 Å². The second kappa shape index (κ2) is 4.37. The number of nitrogens with two attached hydrogens (primary N) is 1. The Morgan fingerprint density at radius 3 is 2.68 bits per heavy atom. The van der Waals surface area contributed by atoms with Crippen LogP contribution in [0.3, 0.4) is 0 Å². The van der Waals surface area contributed by atoms with E-state index in [2.05, 4.69) is 10.1 Å². The Labute approximate surface area is 110 Å². The second-order valence-corrected chi connectivity index (χ2v) is 4.49. The van der Waals surface area contributed by atoms with E-state index in [9.17, 15) is 5.11 Å². The van der Waals surface area contributed by atoms with E-state index in [1.54, 1.807) is 10.7 Å². The Morgan fingerprint density at radius 2 is 2.00 bits per heavy atom. The zero-order valence-corrected chi connectivity index (χ0v) is 10.5. The molecule has 3 N–H and O–H groups in total. The Bertz CT molecular complexity index is 731. The summed E-state index contributed by atoms with van der Waals surface area (Å²) in [6, 6.07) is 9.98. The van der Waals surface area contributed by atoms with E-state index >= 15 is 0 Å². The smallest absolute Gasteiger partial charge is 0.157 e. The third-order valence-corrected chi connectivity index (χ3v) is 3.12. The van der Waals surface area contributed by atoms with Crippen molar-refractivity contribution in [2.75, 3.05) is 5.73 Å². The van der Waals surface area contributed by atoms with E-state index < -0.39 is 0 Å². The van der Waals surface area contributed by atoms with E-state index in [-0.39, 0.29) is 6.61 Å². The molecule has 3 aromatic rings. The fourth-order valence-corrected chi connectivity index (χ4v) is 1.97. The molecule has 0 aliphatic rings. The number of hydrogen-bond acceptors (Lipinski definition) is 4. The molecule has 0 unspecified atom stereocenters. The van der Waals surface area contributed by atoms with E-state index in [0.29, 0.717) is 17.0 Å². The van der Waals surface area contributed by atoms with Crippen molar-refractivity contribution in [3.05, 3.63) is 47.7 Å². The minimum atomic E-state index is -0.144. The highest BCUT2D eigenvalue weighted by atomic mass is 16.3. The van der Waals surface area contributed by atoms with Gasteiger partial charge in [-0.15, -0.1) is 0 Å². The molecule has 2 aromatic heterocycles. The van der Waals surface area contributed by atoms with E-state index in [1.807, 2.05) is 37.3 Å². The zero-order valence-electron chi connectivity index (χ0n) is 10.5. The molecule has 0 saturated carbocycles. The Balaban J connectivity index is 2.16. The molecule has 0 amide bonds.